The summed E-state index contributed by atoms with van der Waals surface area (Å²) in [7, 11) is 0. The summed E-state index contributed by atoms with van der Waals surface area (Å²) >= 11 is 0. The molecule has 3 aromatic rings. The van der Waals surface area contributed by atoms with E-state index in [-0.39, 0.29) is 23.6 Å². The molecule has 8 nitrogen and oxygen atoms in total. The van der Waals surface area contributed by atoms with Crippen LogP contribution in [0.5, 0.6) is 0 Å². The van der Waals surface area contributed by atoms with Gasteiger partial charge in [-0.05, 0) is 61.9 Å². The Bertz CT molecular complexity index is 1360. The maximum atomic E-state index is 13.8. The van der Waals surface area contributed by atoms with Crippen molar-refractivity contribution in [1.82, 2.24) is 5.32 Å². The van der Waals surface area contributed by atoms with Crippen LogP contribution < -0.4 is 15.5 Å². The van der Waals surface area contributed by atoms with E-state index in [4.69, 9.17) is 5.11 Å². The van der Waals surface area contributed by atoms with E-state index in [2.05, 4.69) is 10.6 Å². The Morgan fingerprint density at radius 2 is 1.78 bits per heavy atom. The first-order chi connectivity index (χ1) is 17.1. The van der Waals surface area contributed by atoms with Crippen LogP contribution in [0.3, 0.4) is 0 Å². The number of hydrogen-bond donors (Lipinski definition) is 3. The molecular weight excluding hydrogens is 465 g/mol. The van der Waals surface area contributed by atoms with Crippen molar-refractivity contribution < 1.29 is 28.7 Å². The number of benzene rings is 3. The van der Waals surface area contributed by atoms with E-state index in [0.29, 0.717) is 16.8 Å². The predicted molar refractivity (Wildman–Crippen MR) is 131 cm³/mol. The van der Waals surface area contributed by atoms with Crippen LogP contribution in [-0.2, 0) is 9.59 Å². The van der Waals surface area contributed by atoms with Crippen LogP contribution in [0.2, 0.25) is 0 Å². The van der Waals surface area contributed by atoms with Crippen LogP contribution in [0.15, 0.2) is 66.7 Å². The second-order valence-electron chi connectivity index (χ2n) is 8.63. The molecule has 1 aliphatic heterocycles. The summed E-state index contributed by atoms with van der Waals surface area (Å²) in [6.07, 6.45) is -0.102. The first-order valence-electron chi connectivity index (χ1n) is 11.3. The SMILES string of the molecule is Cc1cccc(C(=O)N2c3ccc(C(=O)NC(C)C(=O)O)cc3NC(=O)CC2c2ccc(F)cc2)c1. The minimum absolute atomic E-state index is 0.102. The van der Waals surface area contributed by atoms with Gasteiger partial charge in [-0.3, -0.25) is 24.1 Å². The molecule has 3 aromatic carbocycles. The summed E-state index contributed by atoms with van der Waals surface area (Å²) < 4.78 is 13.6. The maximum Gasteiger partial charge on any atom is 0.325 e. The van der Waals surface area contributed by atoms with Crippen molar-refractivity contribution in [1.29, 1.82) is 0 Å². The Morgan fingerprint density at radius 3 is 2.44 bits per heavy atom. The van der Waals surface area contributed by atoms with Gasteiger partial charge in [-0.15, -0.1) is 0 Å². The standard InChI is InChI=1S/C27H24FN3O5/c1-15-4-3-5-19(12-15)26(34)31-22-11-8-18(25(33)29-16(2)27(35)36)13-21(22)30-24(32)14-23(31)17-6-9-20(28)10-7-17/h3-13,16,23H,14H2,1-2H3,(H,29,33)(H,30,32)(H,35,36). The number of nitrogens with zero attached hydrogens (tertiary/aromatic N) is 1. The summed E-state index contributed by atoms with van der Waals surface area (Å²) in [5.74, 6) is -3.05. The largest absolute Gasteiger partial charge is 0.480 e. The molecule has 9 heteroatoms. The topological polar surface area (TPSA) is 116 Å². The molecule has 0 bridgehead atoms. The third-order valence-electron chi connectivity index (χ3n) is 5.94. The normalized spacial score (nSPS) is 15.8. The third kappa shape index (κ3) is 5.10. The van der Waals surface area contributed by atoms with Gasteiger partial charge >= 0.3 is 5.97 Å². The smallest absolute Gasteiger partial charge is 0.325 e. The molecule has 1 heterocycles. The average molecular weight is 490 g/mol. The van der Waals surface area contributed by atoms with Gasteiger partial charge in [0, 0.05) is 11.1 Å². The first-order valence-corrected chi connectivity index (χ1v) is 11.3. The summed E-state index contributed by atoms with van der Waals surface area (Å²) in [4.78, 5) is 51.9. The summed E-state index contributed by atoms with van der Waals surface area (Å²) in [6.45, 7) is 3.19. The Kier molecular flexibility index (Phi) is 6.82. The van der Waals surface area contributed by atoms with Crippen molar-refractivity contribution in [2.45, 2.75) is 32.4 Å². The van der Waals surface area contributed by atoms with Crippen LogP contribution in [-0.4, -0.2) is 34.8 Å². The monoisotopic (exact) mass is 489 g/mol. The van der Waals surface area contributed by atoms with Gasteiger partial charge in [0.1, 0.15) is 11.9 Å². The Labute approximate surface area is 206 Å². The lowest BCUT2D eigenvalue weighted by atomic mass is 9.99. The lowest BCUT2D eigenvalue weighted by Gasteiger charge is -2.31. The molecule has 3 amide bonds. The quantitative estimate of drug-likeness (QED) is 0.500. The first kappa shape index (κ1) is 24.6. The molecule has 184 valence electrons. The maximum absolute atomic E-state index is 13.8. The fourth-order valence-electron chi connectivity index (χ4n) is 4.09. The highest BCUT2D eigenvalue weighted by atomic mass is 19.1. The zero-order valence-corrected chi connectivity index (χ0v) is 19.6. The second-order valence-corrected chi connectivity index (χ2v) is 8.63. The molecule has 3 N–H and O–H groups in total. The van der Waals surface area contributed by atoms with Gasteiger partial charge in [0.25, 0.3) is 11.8 Å². The number of hydrogen-bond acceptors (Lipinski definition) is 4. The number of amides is 3. The van der Waals surface area contributed by atoms with Gasteiger partial charge in [-0.1, -0.05) is 29.8 Å². The number of fused-ring (bicyclic) bond motifs is 1. The number of aliphatic carboxylic acids is 1. The van der Waals surface area contributed by atoms with E-state index >= 15 is 0 Å². The minimum Gasteiger partial charge on any atom is -0.480 e. The molecule has 2 atom stereocenters. The van der Waals surface area contributed by atoms with E-state index in [0.717, 1.165) is 5.56 Å². The van der Waals surface area contributed by atoms with Crippen molar-refractivity contribution in [3.8, 4) is 0 Å². The van der Waals surface area contributed by atoms with Gasteiger partial charge in [0.2, 0.25) is 5.91 Å². The molecule has 0 saturated carbocycles. The number of carbonyl (C=O) groups excluding carboxylic acids is 3. The van der Waals surface area contributed by atoms with E-state index in [1.807, 2.05) is 13.0 Å². The Hall–Kier alpha value is -4.53. The summed E-state index contributed by atoms with van der Waals surface area (Å²) in [5.41, 5.74) is 2.54. The fourth-order valence-corrected chi connectivity index (χ4v) is 4.09. The van der Waals surface area contributed by atoms with Gasteiger partial charge < -0.3 is 15.7 Å². The van der Waals surface area contributed by atoms with E-state index in [9.17, 15) is 23.6 Å². The summed E-state index contributed by atoms with van der Waals surface area (Å²) in [5, 5.41) is 14.2. The number of carboxylic acids is 1. The van der Waals surface area contributed by atoms with Crippen molar-refractivity contribution in [2.75, 3.05) is 10.2 Å². The van der Waals surface area contributed by atoms with Gasteiger partial charge in [-0.2, -0.15) is 0 Å². The van der Waals surface area contributed by atoms with Gasteiger partial charge in [-0.25, -0.2) is 4.39 Å². The predicted octanol–water partition coefficient (Wildman–Crippen LogP) is 4.07. The highest BCUT2D eigenvalue weighted by Gasteiger charge is 2.34. The molecule has 36 heavy (non-hydrogen) atoms. The van der Waals surface area contributed by atoms with E-state index in [1.165, 1.54) is 54.3 Å². The minimum atomic E-state index is -1.19. The number of rotatable bonds is 5. The highest BCUT2D eigenvalue weighted by Crippen LogP contribution is 2.39. The zero-order valence-electron chi connectivity index (χ0n) is 19.6. The number of nitrogens with one attached hydrogen (secondary N) is 2. The third-order valence-corrected chi connectivity index (χ3v) is 5.94. The zero-order chi connectivity index (χ0) is 26.0. The van der Waals surface area contributed by atoms with Crippen molar-refractivity contribution in [3.63, 3.8) is 0 Å². The number of aryl methyl sites for hydroxylation is 1. The molecule has 0 radical (unpaired) electrons. The van der Waals surface area contributed by atoms with E-state index < -0.39 is 35.7 Å². The van der Waals surface area contributed by atoms with Gasteiger partial charge in [0.05, 0.1) is 23.8 Å². The molecule has 2 unspecified atom stereocenters. The van der Waals surface area contributed by atoms with Crippen LogP contribution in [0.25, 0.3) is 0 Å². The van der Waals surface area contributed by atoms with Crippen molar-refractivity contribution >= 4 is 35.1 Å². The van der Waals surface area contributed by atoms with E-state index in [1.54, 1.807) is 18.2 Å². The molecule has 4 rings (SSSR count). The number of carbonyl (C=O) groups is 4. The van der Waals surface area contributed by atoms with Crippen LogP contribution in [0.1, 0.15) is 51.2 Å². The van der Waals surface area contributed by atoms with Crippen LogP contribution in [0.4, 0.5) is 15.8 Å². The molecule has 0 saturated heterocycles. The van der Waals surface area contributed by atoms with Crippen molar-refractivity contribution in [2.24, 2.45) is 0 Å². The summed E-state index contributed by atoms with van der Waals surface area (Å²) in [6, 6.07) is 15.2. The second kappa shape index (κ2) is 9.99. The van der Waals surface area contributed by atoms with Crippen molar-refractivity contribution in [3.05, 3.63) is 94.8 Å². The highest BCUT2D eigenvalue weighted by molar-refractivity contribution is 6.12. The van der Waals surface area contributed by atoms with Crippen LogP contribution >= 0.6 is 0 Å². The molecular formula is C27H24FN3O5. The lowest BCUT2D eigenvalue weighted by molar-refractivity contribution is -0.138. The Morgan fingerprint density at radius 1 is 1.06 bits per heavy atom. The Balaban J connectivity index is 1.82. The van der Waals surface area contributed by atoms with Crippen LogP contribution in [0, 0.1) is 12.7 Å². The fraction of sp³-hybridized carbons (Fsp3) is 0.185. The number of carboxylic acid groups (broad SMARTS) is 1. The lowest BCUT2D eigenvalue weighted by Crippen LogP contribution is -2.38. The number of anilines is 2. The average Bonchev–Trinajstić information content (AvgIpc) is 2.99. The molecule has 0 aromatic heterocycles. The molecule has 0 aliphatic carbocycles. The molecule has 1 aliphatic rings. The van der Waals surface area contributed by atoms with Gasteiger partial charge in [0.15, 0.2) is 0 Å². The molecule has 0 fully saturated rings. The number of halogens is 1. The molecule has 0 spiro atoms.